The Balaban J connectivity index is 2.13. The molecule has 2 aromatic rings. The molecule has 114 valence electrons. The van der Waals surface area contributed by atoms with Crippen molar-refractivity contribution in [1.82, 2.24) is 14.6 Å². The van der Waals surface area contributed by atoms with Gasteiger partial charge in [0.2, 0.25) is 0 Å². The molecule has 5 nitrogen and oxygen atoms in total. The molecule has 0 aliphatic carbocycles. The van der Waals surface area contributed by atoms with Crippen LogP contribution in [-0.4, -0.2) is 32.4 Å². The number of nitrogens with zero attached hydrogens (tertiary/aromatic N) is 2. The number of sulfonamides is 1. The Morgan fingerprint density at radius 2 is 1.95 bits per heavy atom. The molecular weight excluding hydrogens is 330 g/mol. The van der Waals surface area contributed by atoms with Crippen LogP contribution in [0.3, 0.4) is 0 Å². The Morgan fingerprint density at radius 1 is 1.29 bits per heavy atom. The van der Waals surface area contributed by atoms with E-state index in [2.05, 4.69) is 9.71 Å². The van der Waals surface area contributed by atoms with Crippen molar-refractivity contribution in [1.29, 1.82) is 0 Å². The first-order chi connectivity index (χ1) is 9.88. The number of nitrogens with one attached hydrogen (secondary N) is 1. The number of thiazole rings is 1. The highest BCUT2D eigenvalue weighted by Crippen LogP contribution is 2.22. The minimum absolute atomic E-state index is 0.123. The Hall–Kier alpha value is -0.990. The summed E-state index contributed by atoms with van der Waals surface area (Å²) in [7, 11) is 0.370. The zero-order chi connectivity index (χ0) is 15.5. The summed E-state index contributed by atoms with van der Waals surface area (Å²) in [6, 6.07) is 7.75. The smallest absolute Gasteiger partial charge is 0.252 e. The molecule has 2 rings (SSSR count). The van der Waals surface area contributed by atoms with Crippen molar-refractivity contribution in [3.05, 3.63) is 46.1 Å². The molecule has 21 heavy (non-hydrogen) atoms. The van der Waals surface area contributed by atoms with Crippen LogP contribution in [0.2, 0.25) is 4.47 Å². The first kappa shape index (κ1) is 16.4. The monoisotopic (exact) mass is 345 g/mol. The Bertz CT molecular complexity index is 714. The maximum absolute atomic E-state index is 12.1. The van der Waals surface area contributed by atoms with E-state index in [0.717, 1.165) is 29.0 Å². The van der Waals surface area contributed by atoms with Gasteiger partial charge in [0.1, 0.15) is 0 Å². The van der Waals surface area contributed by atoms with Crippen molar-refractivity contribution in [3.8, 4) is 0 Å². The maximum atomic E-state index is 12.1. The number of benzene rings is 1. The standard InChI is InChI=1S/C13H16ClN3O2S2/c1-17(2)9-11-6-4-3-5-10(11)7-16-21(18,19)12-8-15-13(14)20-12/h3-6,8,16H,7,9H2,1-2H3. The Labute approximate surface area is 133 Å². The zero-order valence-corrected chi connectivity index (χ0v) is 14.1. The normalized spacial score (nSPS) is 12.0. The van der Waals surface area contributed by atoms with Gasteiger partial charge in [0.05, 0.1) is 6.20 Å². The molecular formula is C13H16ClN3O2S2. The van der Waals surface area contributed by atoms with Crippen LogP contribution >= 0.6 is 22.9 Å². The molecule has 1 aromatic heterocycles. The van der Waals surface area contributed by atoms with Gasteiger partial charge in [-0.15, -0.1) is 0 Å². The fraction of sp³-hybridized carbons (Fsp3) is 0.308. The lowest BCUT2D eigenvalue weighted by Gasteiger charge is -2.14. The van der Waals surface area contributed by atoms with Crippen molar-refractivity contribution in [2.24, 2.45) is 0 Å². The molecule has 1 heterocycles. The summed E-state index contributed by atoms with van der Waals surface area (Å²) >= 11 is 6.62. The average molecular weight is 346 g/mol. The van der Waals surface area contributed by atoms with E-state index in [0.29, 0.717) is 0 Å². The van der Waals surface area contributed by atoms with Gasteiger partial charge in [-0.3, -0.25) is 0 Å². The topological polar surface area (TPSA) is 62.3 Å². The number of hydrogen-bond acceptors (Lipinski definition) is 5. The average Bonchev–Trinajstić information content (AvgIpc) is 2.85. The molecule has 0 radical (unpaired) electrons. The van der Waals surface area contributed by atoms with Gasteiger partial charge < -0.3 is 4.90 Å². The predicted molar refractivity (Wildman–Crippen MR) is 85.0 cm³/mol. The van der Waals surface area contributed by atoms with Crippen LogP contribution in [-0.2, 0) is 23.1 Å². The van der Waals surface area contributed by atoms with Crippen LogP contribution in [0.25, 0.3) is 0 Å². The van der Waals surface area contributed by atoms with E-state index < -0.39 is 10.0 Å². The molecule has 0 aliphatic heterocycles. The highest BCUT2D eigenvalue weighted by molar-refractivity contribution is 7.91. The summed E-state index contributed by atoms with van der Waals surface area (Å²) in [5, 5.41) is 0. The lowest BCUT2D eigenvalue weighted by atomic mass is 10.1. The second-order valence-electron chi connectivity index (χ2n) is 4.76. The first-order valence-corrected chi connectivity index (χ1v) is 8.89. The number of hydrogen-bond donors (Lipinski definition) is 1. The lowest BCUT2D eigenvalue weighted by molar-refractivity contribution is 0.400. The number of halogens is 1. The quantitative estimate of drug-likeness (QED) is 0.872. The molecule has 0 fully saturated rings. The fourth-order valence-corrected chi connectivity index (χ4v) is 4.18. The van der Waals surface area contributed by atoms with Crippen molar-refractivity contribution in [2.75, 3.05) is 14.1 Å². The molecule has 8 heteroatoms. The van der Waals surface area contributed by atoms with Crippen LogP contribution in [0, 0.1) is 0 Å². The molecule has 0 unspecified atom stereocenters. The van der Waals surface area contributed by atoms with Gasteiger partial charge in [-0.05, 0) is 25.2 Å². The summed E-state index contributed by atoms with van der Waals surface area (Å²) in [5.41, 5.74) is 2.04. The third-order valence-corrected chi connectivity index (χ3v) is 5.76. The van der Waals surface area contributed by atoms with Crippen molar-refractivity contribution >= 4 is 33.0 Å². The van der Waals surface area contributed by atoms with E-state index in [1.165, 1.54) is 6.20 Å². The minimum atomic E-state index is -3.57. The van der Waals surface area contributed by atoms with E-state index in [1.807, 2.05) is 43.3 Å². The van der Waals surface area contributed by atoms with Gasteiger partial charge in [0.15, 0.2) is 8.68 Å². The molecule has 1 aromatic carbocycles. The van der Waals surface area contributed by atoms with Crippen molar-refractivity contribution in [3.63, 3.8) is 0 Å². The molecule has 0 amide bonds. The summed E-state index contributed by atoms with van der Waals surface area (Å²) in [6.45, 7) is 0.992. The summed E-state index contributed by atoms with van der Waals surface area (Å²) in [4.78, 5) is 5.79. The van der Waals surface area contributed by atoms with Gasteiger partial charge >= 0.3 is 0 Å². The SMILES string of the molecule is CN(C)Cc1ccccc1CNS(=O)(=O)c1cnc(Cl)s1. The second kappa shape index (κ2) is 6.85. The minimum Gasteiger partial charge on any atom is -0.305 e. The van der Waals surface area contributed by atoms with Gasteiger partial charge in [0.25, 0.3) is 10.0 Å². The third kappa shape index (κ3) is 4.49. The molecule has 0 bridgehead atoms. The molecule has 0 spiro atoms. The first-order valence-electron chi connectivity index (χ1n) is 6.21. The van der Waals surface area contributed by atoms with Crippen LogP contribution in [0.1, 0.15) is 11.1 Å². The number of aromatic nitrogens is 1. The third-order valence-electron chi connectivity index (χ3n) is 2.78. The zero-order valence-electron chi connectivity index (χ0n) is 11.7. The summed E-state index contributed by atoms with van der Waals surface area (Å²) < 4.78 is 27.2. The van der Waals surface area contributed by atoms with Crippen molar-refractivity contribution < 1.29 is 8.42 Å². The summed E-state index contributed by atoms with van der Waals surface area (Å²) in [5.74, 6) is 0. The Kier molecular flexibility index (Phi) is 5.34. The fourth-order valence-electron chi connectivity index (χ4n) is 1.83. The predicted octanol–water partition coefficient (Wildman–Crippen LogP) is 2.34. The Morgan fingerprint density at radius 3 is 2.52 bits per heavy atom. The van der Waals surface area contributed by atoms with Gasteiger partial charge in [-0.1, -0.05) is 47.2 Å². The van der Waals surface area contributed by atoms with Crippen molar-refractivity contribution in [2.45, 2.75) is 17.3 Å². The van der Waals surface area contributed by atoms with E-state index >= 15 is 0 Å². The van der Waals surface area contributed by atoms with Crippen LogP contribution in [0.15, 0.2) is 34.7 Å². The highest BCUT2D eigenvalue weighted by Gasteiger charge is 2.17. The van der Waals surface area contributed by atoms with E-state index in [9.17, 15) is 8.42 Å². The van der Waals surface area contributed by atoms with Gasteiger partial charge in [-0.25, -0.2) is 18.1 Å². The summed E-state index contributed by atoms with van der Waals surface area (Å²) in [6.07, 6.45) is 1.26. The largest absolute Gasteiger partial charge is 0.305 e. The molecule has 0 atom stereocenters. The van der Waals surface area contributed by atoms with Crippen LogP contribution in [0.5, 0.6) is 0 Å². The van der Waals surface area contributed by atoms with E-state index in [-0.39, 0.29) is 15.2 Å². The molecule has 0 aliphatic rings. The number of rotatable bonds is 6. The van der Waals surface area contributed by atoms with Crippen LogP contribution < -0.4 is 4.72 Å². The lowest BCUT2D eigenvalue weighted by Crippen LogP contribution is -2.23. The van der Waals surface area contributed by atoms with E-state index in [4.69, 9.17) is 11.6 Å². The van der Waals surface area contributed by atoms with Gasteiger partial charge in [0, 0.05) is 13.1 Å². The van der Waals surface area contributed by atoms with Crippen LogP contribution in [0.4, 0.5) is 0 Å². The highest BCUT2D eigenvalue weighted by atomic mass is 35.5. The molecule has 1 N–H and O–H groups in total. The van der Waals surface area contributed by atoms with Gasteiger partial charge in [-0.2, -0.15) is 0 Å². The molecule has 0 saturated carbocycles. The second-order valence-corrected chi connectivity index (χ2v) is 8.37. The molecule has 0 saturated heterocycles. The van der Waals surface area contributed by atoms with E-state index in [1.54, 1.807) is 0 Å². The maximum Gasteiger partial charge on any atom is 0.252 e.